The molecular weight excluding hydrogens is 394 g/mol. The van der Waals surface area contributed by atoms with Crippen LogP contribution in [0.3, 0.4) is 0 Å². The van der Waals surface area contributed by atoms with Gasteiger partial charge in [-0.3, -0.25) is 19.4 Å². The van der Waals surface area contributed by atoms with E-state index in [0.29, 0.717) is 17.0 Å². The van der Waals surface area contributed by atoms with Gasteiger partial charge < -0.3 is 15.7 Å². The Morgan fingerprint density at radius 3 is 2.29 bits per heavy atom. The molecule has 7 heteroatoms. The summed E-state index contributed by atoms with van der Waals surface area (Å²) in [5.74, 6) is -2.30. The molecule has 1 heterocycles. The van der Waals surface area contributed by atoms with E-state index < -0.39 is 24.3 Å². The highest BCUT2D eigenvalue weighted by molar-refractivity contribution is 6.24. The predicted octanol–water partition coefficient (Wildman–Crippen LogP) is 3.36. The van der Waals surface area contributed by atoms with Crippen LogP contribution in [0.15, 0.2) is 83.9 Å². The number of anilines is 1. The number of aliphatic imine (C=N–C) groups is 1. The molecule has 1 atom stereocenters. The van der Waals surface area contributed by atoms with Crippen molar-refractivity contribution in [2.24, 2.45) is 4.99 Å². The second-order valence-corrected chi connectivity index (χ2v) is 7.00. The molecule has 31 heavy (non-hydrogen) atoms. The summed E-state index contributed by atoms with van der Waals surface area (Å²) in [5, 5.41) is 13.9. The van der Waals surface area contributed by atoms with Crippen molar-refractivity contribution in [3.8, 4) is 0 Å². The average Bonchev–Trinajstić information content (AvgIpc) is 3.12. The Hall–Kier alpha value is -4.26. The zero-order valence-electron chi connectivity index (χ0n) is 16.4. The second-order valence-electron chi connectivity index (χ2n) is 7.00. The lowest BCUT2D eigenvalue weighted by molar-refractivity contribution is -0.135. The van der Waals surface area contributed by atoms with Crippen molar-refractivity contribution in [2.75, 3.05) is 11.9 Å². The molecule has 0 fully saturated rings. The molecule has 3 aromatic carbocycles. The van der Waals surface area contributed by atoms with Gasteiger partial charge in [0.2, 0.25) is 5.91 Å². The SMILES string of the molecule is O=C(O)CNC(=O)c1ccc(N=C(c2ccccc2)C2C(=O)Nc3ccccc32)cc1. The minimum absolute atomic E-state index is 0.145. The molecule has 154 valence electrons. The van der Waals surface area contributed by atoms with Crippen LogP contribution in [0.5, 0.6) is 0 Å². The van der Waals surface area contributed by atoms with Gasteiger partial charge in [0, 0.05) is 11.3 Å². The van der Waals surface area contributed by atoms with E-state index in [4.69, 9.17) is 10.1 Å². The monoisotopic (exact) mass is 413 g/mol. The lowest BCUT2D eigenvalue weighted by atomic mass is 9.90. The lowest BCUT2D eigenvalue weighted by Gasteiger charge is -2.14. The summed E-state index contributed by atoms with van der Waals surface area (Å²) in [6, 6.07) is 23.5. The third-order valence-electron chi connectivity index (χ3n) is 4.91. The number of carboxylic acids is 1. The molecule has 3 N–H and O–H groups in total. The van der Waals surface area contributed by atoms with Crippen LogP contribution in [0.4, 0.5) is 11.4 Å². The molecule has 7 nitrogen and oxygen atoms in total. The average molecular weight is 413 g/mol. The molecule has 1 unspecified atom stereocenters. The van der Waals surface area contributed by atoms with Gasteiger partial charge in [-0.1, -0.05) is 48.5 Å². The first-order valence-corrected chi connectivity index (χ1v) is 9.67. The Balaban J connectivity index is 1.70. The molecular formula is C24H19N3O4. The van der Waals surface area contributed by atoms with Gasteiger partial charge >= 0.3 is 5.97 Å². The summed E-state index contributed by atoms with van der Waals surface area (Å²) in [6.45, 7) is -0.451. The number of fused-ring (bicyclic) bond motifs is 1. The van der Waals surface area contributed by atoms with Gasteiger partial charge in [0.25, 0.3) is 5.91 Å². The highest BCUT2D eigenvalue weighted by Gasteiger charge is 2.35. The quantitative estimate of drug-likeness (QED) is 0.539. The van der Waals surface area contributed by atoms with Crippen molar-refractivity contribution in [2.45, 2.75) is 5.92 Å². The number of para-hydroxylation sites is 1. The molecule has 1 aliphatic rings. The van der Waals surface area contributed by atoms with E-state index in [1.54, 1.807) is 24.3 Å². The summed E-state index contributed by atoms with van der Waals surface area (Å²) in [6.07, 6.45) is 0. The molecule has 0 spiro atoms. The number of hydrogen-bond acceptors (Lipinski definition) is 4. The van der Waals surface area contributed by atoms with Crippen molar-refractivity contribution >= 4 is 34.9 Å². The lowest BCUT2D eigenvalue weighted by Crippen LogP contribution is -2.29. The number of nitrogens with zero attached hydrogens (tertiary/aromatic N) is 1. The Morgan fingerprint density at radius 1 is 0.903 bits per heavy atom. The maximum atomic E-state index is 12.8. The first-order valence-electron chi connectivity index (χ1n) is 9.67. The number of benzene rings is 3. The maximum absolute atomic E-state index is 12.8. The van der Waals surface area contributed by atoms with E-state index in [1.807, 2.05) is 54.6 Å². The summed E-state index contributed by atoms with van der Waals surface area (Å²) >= 11 is 0. The van der Waals surface area contributed by atoms with Gasteiger partial charge in [-0.05, 0) is 41.5 Å². The van der Waals surface area contributed by atoms with Crippen molar-refractivity contribution in [3.63, 3.8) is 0 Å². The number of rotatable bonds is 6. The minimum Gasteiger partial charge on any atom is -0.480 e. The fourth-order valence-corrected chi connectivity index (χ4v) is 3.47. The first-order chi connectivity index (χ1) is 15.0. The fourth-order valence-electron chi connectivity index (χ4n) is 3.47. The summed E-state index contributed by atoms with van der Waals surface area (Å²) in [4.78, 5) is 40.2. The van der Waals surface area contributed by atoms with Crippen LogP contribution >= 0.6 is 0 Å². The maximum Gasteiger partial charge on any atom is 0.322 e. The van der Waals surface area contributed by atoms with Crippen LogP contribution in [0.1, 0.15) is 27.4 Å². The smallest absolute Gasteiger partial charge is 0.322 e. The van der Waals surface area contributed by atoms with Crippen molar-refractivity contribution < 1.29 is 19.5 Å². The summed E-state index contributed by atoms with van der Waals surface area (Å²) in [5.41, 5.74) is 3.95. The third kappa shape index (κ3) is 4.35. The Labute approximate surface area is 178 Å². The number of amides is 2. The molecule has 0 radical (unpaired) electrons. The normalized spacial score (nSPS) is 15.2. The molecule has 1 aliphatic heterocycles. The number of aliphatic carboxylic acids is 1. The summed E-state index contributed by atoms with van der Waals surface area (Å²) < 4.78 is 0. The molecule has 0 saturated heterocycles. The van der Waals surface area contributed by atoms with Crippen molar-refractivity contribution in [1.29, 1.82) is 0 Å². The first kappa shape index (κ1) is 20.0. The number of carbonyl (C=O) groups excluding carboxylic acids is 2. The molecule has 3 aromatic rings. The number of carboxylic acid groups (broad SMARTS) is 1. The van der Waals surface area contributed by atoms with Gasteiger partial charge in [-0.2, -0.15) is 0 Å². The van der Waals surface area contributed by atoms with E-state index in [9.17, 15) is 14.4 Å². The van der Waals surface area contributed by atoms with E-state index in [1.165, 1.54) is 0 Å². The van der Waals surface area contributed by atoms with Crippen LogP contribution in [0.2, 0.25) is 0 Å². The molecule has 0 saturated carbocycles. The van der Waals surface area contributed by atoms with Crippen LogP contribution in [0.25, 0.3) is 0 Å². The Kier molecular flexibility index (Phi) is 5.57. The van der Waals surface area contributed by atoms with E-state index >= 15 is 0 Å². The van der Waals surface area contributed by atoms with Gasteiger partial charge in [-0.15, -0.1) is 0 Å². The van der Waals surface area contributed by atoms with Gasteiger partial charge in [0.15, 0.2) is 0 Å². The van der Waals surface area contributed by atoms with Crippen LogP contribution in [-0.2, 0) is 9.59 Å². The molecule has 0 aliphatic carbocycles. The molecule has 0 bridgehead atoms. The Morgan fingerprint density at radius 2 is 1.58 bits per heavy atom. The standard InChI is InChI=1S/C24H19N3O4/c28-20(29)14-25-23(30)16-10-12-17(13-11-16)26-22(15-6-2-1-3-7-15)21-18-8-4-5-9-19(18)27-24(21)31/h1-13,21H,14H2,(H,25,30)(H,27,31)(H,28,29). The van der Waals surface area contributed by atoms with Crippen LogP contribution in [-0.4, -0.2) is 35.1 Å². The molecule has 2 amide bonds. The predicted molar refractivity (Wildman–Crippen MR) is 117 cm³/mol. The minimum atomic E-state index is -1.11. The third-order valence-corrected chi connectivity index (χ3v) is 4.91. The van der Waals surface area contributed by atoms with E-state index in [0.717, 1.165) is 16.8 Å². The number of carbonyl (C=O) groups is 3. The molecule has 0 aromatic heterocycles. The highest BCUT2D eigenvalue weighted by Crippen LogP contribution is 2.36. The zero-order valence-corrected chi connectivity index (χ0v) is 16.4. The van der Waals surface area contributed by atoms with E-state index in [-0.39, 0.29) is 5.91 Å². The fraction of sp³-hybridized carbons (Fsp3) is 0.0833. The van der Waals surface area contributed by atoms with E-state index in [2.05, 4.69) is 10.6 Å². The van der Waals surface area contributed by atoms with Gasteiger partial charge in [-0.25, -0.2) is 0 Å². The zero-order chi connectivity index (χ0) is 21.8. The number of hydrogen-bond donors (Lipinski definition) is 3. The van der Waals surface area contributed by atoms with Crippen molar-refractivity contribution in [1.82, 2.24) is 5.32 Å². The van der Waals surface area contributed by atoms with Crippen molar-refractivity contribution in [3.05, 3.63) is 95.6 Å². The topological polar surface area (TPSA) is 108 Å². The van der Waals surface area contributed by atoms with Crippen LogP contribution in [0, 0.1) is 0 Å². The van der Waals surface area contributed by atoms with Gasteiger partial charge in [0.1, 0.15) is 12.5 Å². The van der Waals surface area contributed by atoms with Crippen LogP contribution < -0.4 is 10.6 Å². The second kappa shape index (κ2) is 8.62. The Bertz CT molecular complexity index is 1170. The molecule has 4 rings (SSSR count). The summed E-state index contributed by atoms with van der Waals surface area (Å²) in [7, 11) is 0. The largest absolute Gasteiger partial charge is 0.480 e. The highest BCUT2D eigenvalue weighted by atomic mass is 16.4. The number of nitrogens with one attached hydrogen (secondary N) is 2. The van der Waals surface area contributed by atoms with Gasteiger partial charge in [0.05, 0.1) is 11.4 Å².